The van der Waals surface area contributed by atoms with Gasteiger partial charge in [-0.2, -0.15) is 5.10 Å². The molecule has 0 aliphatic heterocycles. The van der Waals surface area contributed by atoms with Crippen LogP contribution in [0.3, 0.4) is 0 Å². The minimum Gasteiger partial charge on any atom is -0.254 e. The van der Waals surface area contributed by atoms with E-state index in [1.165, 1.54) is 24.2 Å². The Balaban J connectivity index is 2.15. The van der Waals surface area contributed by atoms with E-state index in [1.54, 1.807) is 12.1 Å². The van der Waals surface area contributed by atoms with Crippen LogP contribution in [0.4, 0.5) is 4.39 Å². The summed E-state index contributed by atoms with van der Waals surface area (Å²) in [6.07, 6.45) is 1.44. The van der Waals surface area contributed by atoms with Crippen molar-refractivity contribution in [3.63, 3.8) is 0 Å². The third-order valence-corrected chi connectivity index (χ3v) is 3.05. The van der Waals surface area contributed by atoms with Crippen molar-refractivity contribution < 1.29 is 4.39 Å². The van der Waals surface area contributed by atoms with Crippen LogP contribution in [0.2, 0.25) is 0 Å². The number of rotatable bonds is 3. The van der Waals surface area contributed by atoms with Gasteiger partial charge in [0.2, 0.25) is 0 Å². The molecule has 1 unspecified atom stereocenters. The maximum Gasteiger partial charge on any atom is 0.183 e. The monoisotopic (exact) mass is 223 g/mol. The third kappa shape index (κ3) is 2.36. The summed E-state index contributed by atoms with van der Waals surface area (Å²) in [6.45, 7) is 1.94. The highest BCUT2D eigenvalue weighted by atomic mass is 32.2. The third-order valence-electron chi connectivity index (χ3n) is 2.02. The van der Waals surface area contributed by atoms with Gasteiger partial charge >= 0.3 is 0 Å². The van der Waals surface area contributed by atoms with Crippen LogP contribution in [0.25, 0.3) is 0 Å². The van der Waals surface area contributed by atoms with Crippen molar-refractivity contribution in [2.24, 2.45) is 0 Å². The van der Waals surface area contributed by atoms with Crippen molar-refractivity contribution in [2.45, 2.75) is 17.3 Å². The first-order chi connectivity index (χ1) is 7.27. The molecule has 1 atom stereocenters. The molecule has 0 aliphatic rings. The van der Waals surface area contributed by atoms with Gasteiger partial charge in [-0.15, -0.1) is 0 Å². The molecule has 0 radical (unpaired) electrons. The van der Waals surface area contributed by atoms with E-state index in [2.05, 4.69) is 15.2 Å². The first-order valence-electron chi connectivity index (χ1n) is 4.54. The topological polar surface area (TPSA) is 41.6 Å². The molecule has 1 aromatic carbocycles. The Morgan fingerprint density at radius 1 is 1.40 bits per heavy atom. The lowest BCUT2D eigenvalue weighted by Crippen LogP contribution is -1.93. The quantitative estimate of drug-likeness (QED) is 0.813. The fourth-order valence-electron chi connectivity index (χ4n) is 1.29. The van der Waals surface area contributed by atoms with E-state index in [4.69, 9.17) is 0 Å². The van der Waals surface area contributed by atoms with Crippen molar-refractivity contribution in [2.75, 3.05) is 0 Å². The van der Waals surface area contributed by atoms with Crippen molar-refractivity contribution >= 4 is 11.8 Å². The van der Waals surface area contributed by atoms with Gasteiger partial charge < -0.3 is 0 Å². The first-order valence-corrected chi connectivity index (χ1v) is 5.42. The summed E-state index contributed by atoms with van der Waals surface area (Å²) < 4.78 is 13.4. The summed E-state index contributed by atoms with van der Waals surface area (Å²) in [5, 5.41) is 7.19. The van der Waals surface area contributed by atoms with Crippen LogP contribution in [0, 0.1) is 5.82 Å². The Bertz CT molecular complexity index is 430. The average Bonchev–Trinajstić information content (AvgIpc) is 2.71. The number of aromatic nitrogens is 3. The van der Waals surface area contributed by atoms with Crippen molar-refractivity contribution in [1.29, 1.82) is 0 Å². The largest absolute Gasteiger partial charge is 0.254 e. The molecule has 3 nitrogen and oxygen atoms in total. The highest BCUT2D eigenvalue weighted by Gasteiger charge is 2.12. The van der Waals surface area contributed by atoms with Gasteiger partial charge in [0, 0.05) is 10.8 Å². The number of thioether (sulfide) groups is 1. The van der Waals surface area contributed by atoms with Gasteiger partial charge in [0.25, 0.3) is 0 Å². The fraction of sp³-hybridized carbons (Fsp3) is 0.200. The number of benzene rings is 1. The number of hydrogen-bond donors (Lipinski definition) is 1. The van der Waals surface area contributed by atoms with Crippen molar-refractivity contribution in [3.8, 4) is 0 Å². The highest BCUT2D eigenvalue weighted by Crippen LogP contribution is 2.33. The van der Waals surface area contributed by atoms with Crippen LogP contribution in [-0.2, 0) is 0 Å². The highest BCUT2D eigenvalue weighted by molar-refractivity contribution is 7.99. The van der Waals surface area contributed by atoms with Gasteiger partial charge in [-0.1, -0.05) is 30.0 Å². The lowest BCUT2D eigenvalue weighted by molar-refractivity contribution is 0.611. The maximum absolute atomic E-state index is 13.4. The molecule has 0 fully saturated rings. The van der Waals surface area contributed by atoms with Crippen LogP contribution in [0.5, 0.6) is 0 Å². The second kappa shape index (κ2) is 4.44. The van der Waals surface area contributed by atoms with Gasteiger partial charge in [0.15, 0.2) is 5.16 Å². The summed E-state index contributed by atoms with van der Waals surface area (Å²) in [5.41, 5.74) is 0.680. The second-order valence-corrected chi connectivity index (χ2v) is 4.40. The molecule has 0 bridgehead atoms. The van der Waals surface area contributed by atoms with E-state index in [0.29, 0.717) is 10.7 Å². The van der Waals surface area contributed by atoms with Gasteiger partial charge in [0.1, 0.15) is 12.1 Å². The molecular formula is C10H10FN3S. The minimum absolute atomic E-state index is 0.0131. The normalized spacial score (nSPS) is 12.7. The predicted molar refractivity (Wildman–Crippen MR) is 57.1 cm³/mol. The maximum atomic E-state index is 13.4. The lowest BCUT2D eigenvalue weighted by Gasteiger charge is -2.09. The van der Waals surface area contributed by atoms with E-state index in [-0.39, 0.29) is 11.1 Å². The smallest absolute Gasteiger partial charge is 0.183 e. The molecule has 78 valence electrons. The van der Waals surface area contributed by atoms with E-state index < -0.39 is 0 Å². The Hall–Kier alpha value is -1.36. The lowest BCUT2D eigenvalue weighted by atomic mass is 10.1. The van der Waals surface area contributed by atoms with Gasteiger partial charge in [-0.05, 0) is 13.0 Å². The SMILES string of the molecule is CC(Sc1ncn[nH]1)c1ccccc1F. The first kappa shape index (κ1) is 10.2. The Morgan fingerprint density at radius 2 is 2.20 bits per heavy atom. The molecule has 2 rings (SSSR count). The molecule has 15 heavy (non-hydrogen) atoms. The van der Waals surface area contributed by atoms with Gasteiger partial charge in [-0.25, -0.2) is 9.37 Å². The number of aromatic amines is 1. The van der Waals surface area contributed by atoms with Crippen molar-refractivity contribution in [3.05, 3.63) is 42.0 Å². The number of halogens is 1. The summed E-state index contributed by atoms with van der Waals surface area (Å²) >= 11 is 1.45. The molecule has 1 aromatic heterocycles. The van der Waals surface area contributed by atoms with Crippen LogP contribution >= 0.6 is 11.8 Å². The van der Waals surface area contributed by atoms with Crippen molar-refractivity contribution in [1.82, 2.24) is 15.2 Å². The van der Waals surface area contributed by atoms with Crippen LogP contribution in [0.15, 0.2) is 35.7 Å². The second-order valence-electron chi connectivity index (χ2n) is 3.07. The van der Waals surface area contributed by atoms with E-state index in [1.807, 2.05) is 13.0 Å². The summed E-state index contributed by atoms with van der Waals surface area (Å²) in [6, 6.07) is 6.76. The Labute approximate surface area is 91.1 Å². The van der Waals surface area contributed by atoms with Crippen LogP contribution in [0.1, 0.15) is 17.7 Å². The molecule has 2 aromatic rings. The molecular weight excluding hydrogens is 213 g/mol. The molecule has 1 heterocycles. The number of hydrogen-bond acceptors (Lipinski definition) is 3. The Kier molecular flexibility index (Phi) is 3.01. The standard InChI is InChI=1S/C10H10FN3S/c1-7(15-10-12-6-13-14-10)8-4-2-3-5-9(8)11/h2-7H,1H3,(H,12,13,14). The summed E-state index contributed by atoms with van der Waals surface area (Å²) in [5.74, 6) is -0.183. The molecule has 1 N–H and O–H groups in total. The zero-order chi connectivity index (χ0) is 10.7. The summed E-state index contributed by atoms with van der Waals surface area (Å²) in [4.78, 5) is 3.99. The van der Waals surface area contributed by atoms with E-state index in [0.717, 1.165) is 0 Å². The number of H-pyrrole nitrogens is 1. The molecule has 0 spiro atoms. The van der Waals surface area contributed by atoms with E-state index in [9.17, 15) is 4.39 Å². The van der Waals surface area contributed by atoms with Gasteiger partial charge in [0.05, 0.1) is 0 Å². The zero-order valence-corrected chi connectivity index (χ0v) is 8.96. The zero-order valence-electron chi connectivity index (χ0n) is 8.14. The number of nitrogens with one attached hydrogen (secondary N) is 1. The molecule has 0 aliphatic carbocycles. The number of nitrogens with zero attached hydrogens (tertiary/aromatic N) is 2. The summed E-state index contributed by atoms with van der Waals surface area (Å²) in [7, 11) is 0. The average molecular weight is 223 g/mol. The molecule has 5 heteroatoms. The van der Waals surface area contributed by atoms with Crippen LogP contribution in [-0.4, -0.2) is 15.2 Å². The minimum atomic E-state index is -0.183. The van der Waals surface area contributed by atoms with E-state index >= 15 is 0 Å². The Morgan fingerprint density at radius 3 is 2.87 bits per heavy atom. The predicted octanol–water partition coefficient (Wildman–Crippen LogP) is 2.80. The molecule has 0 saturated heterocycles. The molecule has 0 saturated carbocycles. The fourth-order valence-corrected chi connectivity index (χ4v) is 2.15. The van der Waals surface area contributed by atoms with Gasteiger partial charge in [-0.3, -0.25) is 5.10 Å². The molecule has 0 amide bonds. The van der Waals surface area contributed by atoms with Crippen LogP contribution < -0.4 is 0 Å².